The number of imidazole rings is 1. The number of hydrogen-bond donors (Lipinski definition) is 1. The van der Waals surface area contributed by atoms with Gasteiger partial charge in [0.15, 0.2) is 5.65 Å². The molecule has 0 atom stereocenters. The number of fused-ring (bicyclic) bond motifs is 3. The Morgan fingerprint density at radius 2 is 2.06 bits per heavy atom. The van der Waals surface area contributed by atoms with Gasteiger partial charge in [-0.3, -0.25) is 9.59 Å². The summed E-state index contributed by atoms with van der Waals surface area (Å²) in [5.41, 5.74) is 2.68. The van der Waals surface area contributed by atoms with Gasteiger partial charge in [0.05, 0.1) is 36.0 Å². The molecule has 5 aromatic heterocycles. The van der Waals surface area contributed by atoms with Crippen molar-refractivity contribution in [1.29, 1.82) is 0 Å². The van der Waals surface area contributed by atoms with E-state index < -0.39 is 0 Å². The van der Waals surface area contributed by atoms with Crippen LogP contribution < -0.4 is 10.9 Å². The van der Waals surface area contributed by atoms with Gasteiger partial charge in [-0.2, -0.15) is 5.10 Å². The third kappa shape index (κ3) is 3.46. The summed E-state index contributed by atoms with van der Waals surface area (Å²) in [4.78, 5) is 37.9. The zero-order valence-corrected chi connectivity index (χ0v) is 18.6. The van der Waals surface area contributed by atoms with Crippen LogP contribution in [0.15, 0.2) is 41.8 Å². The van der Waals surface area contributed by atoms with Crippen LogP contribution in [0.1, 0.15) is 23.2 Å². The zero-order chi connectivity index (χ0) is 22.4. The molecule has 0 fully saturated rings. The molecule has 162 valence electrons. The first-order valence-corrected chi connectivity index (χ1v) is 10.8. The predicted octanol–water partition coefficient (Wildman–Crippen LogP) is 2.30. The lowest BCUT2D eigenvalue weighted by Gasteiger charge is -2.10. The van der Waals surface area contributed by atoms with Crippen molar-refractivity contribution in [1.82, 2.24) is 33.9 Å². The van der Waals surface area contributed by atoms with E-state index in [1.54, 1.807) is 36.1 Å². The number of carbonyl (C=O) groups is 1. The second-order valence-corrected chi connectivity index (χ2v) is 8.65. The minimum atomic E-state index is -0.211. The van der Waals surface area contributed by atoms with Crippen LogP contribution in [0.5, 0.6) is 0 Å². The van der Waals surface area contributed by atoms with Crippen LogP contribution in [0, 0.1) is 6.92 Å². The fourth-order valence-electron chi connectivity index (χ4n) is 3.67. The van der Waals surface area contributed by atoms with Crippen molar-refractivity contribution in [2.75, 3.05) is 5.32 Å². The molecule has 1 amide bonds. The Hall–Kier alpha value is -3.86. The number of nitrogens with zero attached hydrogens (tertiary/aromatic N) is 7. The van der Waals surface area contributed by atoms with E-state index in [1.165, 1.54) is 11.6 Å². The van der Waals surface area contributed by atoms with Crippen LogP contribution in [-0.2, 0) is 24.9 Å². The van der Waals surface area contributed by atoms with Gasteiger partial charge in [0, 0.05) is 31.8 Å². The number of pyridine rings is 1. The molecule has 0 saturated carbocycles. The molecular formula is C21H20N8O2S. The highest BCUT2D eigenvalue weighted by molar-refractivity contribution is 7.19. The fraction of sp³-hybridized carbons (Fsp3) is 0.238. The smallest absolute Gasteiger partial charge is 0.291 e. The van der Waals surface area contributed by atoms with Crippen LogP contribution >= 0.6 is 11.3 Å². The maximum absolute atomic E-state index is 13.3. The number of rotatable bonds is 5. The summed E-state index contributed by atoms with van der Waals surface area (Å²) in [6.45, 7) is 4.16. The molecule has 0 spiro atoms. The Labute approximate surface area is 186 Å². The van der Waals surface area contributed by atoms with Crippen LogP contribution in [0.2, 0.25) is 0 Å². The molecule has 1 N–H and O–H groups in total. The molecular weight excluding hydrogens is 428 g/mol. The van der Waals surface area contributed by atoms with E-state index in [2.05, 4.69) is 20.4 Å². The standard InChI is InChI=1S/C21H20N8O2S/c1-12-4-5-16(24-13(2)30)25-15(12)9-29-21(31)18-14(8-23-29)19-20(27(18)3)26-17(32-19)10-28-7-6-22-11-28/h4-8,11H,9-10H2,1-3H3,(H,24,25,30). The Balaban J connectivity index is 1.54. The third-order valence-corrected chi connectivity index (χ3v) is 6.31. The summed E-state index contributed by atoms with van der Waals surface area (Å²) in [5.74, 6) is 0.244. The number of aromatic nitrogens is 7. The molecule has 0 aliphatic heterocycles. The third-order valence-electron chi connectivity index (χ3n) is 5.25. The molecule has 0 bridgehead atoms. The monoisotopic (exact) mass is 448 g/mol. The summed E-state index contributed by atoms with van der Waals surface area (Å²) >= 11 is 1.55. The van der Waals surface area contributed by atoms with Crippen LogP contribution in [0.3, 0.4) is 0 Å². The van der Waals surface area contributed by atoms with E-state index in [1.807, 2.05) is 35.4 Å². The molecule has 0 unspecified atom stereocenters. The van der Waals surface area contributed by atoms with Gasteiger partial charge in [0.2, 0.25) is 5.91 Å². The molecule has 5 aromatic rings. The van der Waals surface area contributed by atoms with Gasteiger partial charge < -0.3 is 14.5 Å². The van der Waals surface area contributed by atoms with Crippen molar-refractivity contribution in [2.24, 2.45) is 7.05 Å². The second kappa shape index (κ2) is 7.68. The lowest BCUT2D eigenvalue weighted by atomic mass is 10.2. The molecule has 0 radical (unpaired) electrons. The number of hydrogen-bond acceptors (Lipinski definition) is 7. The highest BCUT2D eigenvalue weighted by Gasteiger charge is 2.19. The van der Waals surface area contributed by atoms with Gasteiger partial charge in [-0.1, -0.05) is 6.07 Å². The first kappa shape index (κ1) is 20.1. The first-order chi connectivity index (χ1) is 15.4. The number of amides is 1. The quantitative estimate of drug-likeness (QED) is 0.441. The van der Waals surface area contributed by atoms with Crippen LogP contribution in [0.4, 0.5) is 5.82 Å². The van der Waals surface area contributed by atoms with E-state index in [9.17, 15) is 9.59 Å². The summed E-state index contributed by atoms with van der Waals surface area (Å²) in [7, 11) is 1.85. The Kier molecular flexibility index (Phi) is 4.82. The zero-order valence-electron chi connectivity index (χ0n) is 17.7. The van der Waals surface area contributed by atoms with Crippen molar-refractivity contribution in [3.63, 3.8) is 0 Å². The molecule has 0 aliphatic rings. The molecule has 10 nitrogen and oxygen atoms in total. The first-order valence-electron chi connectivity index (χ1n) is 9.94. The highest BCUT2D eigenvalue weighted by Crippen LogP contribution is 2.31. The van der Waals surface area contributed by atoms with Crippen molar-refractivity contribution >= 4 is 44.3 Å². The normalized spacial score (nSPS) is 11.5. The molecule has 0 saturated heterocycles. The van der Waals surface area contributed by atoms with Crippen molar-refractivity contribution < 1.29 is 4.79 Å². The lowest BCUT2D eigenvalue weighted by Crippen LogP contribution is -2.25. The van der Waals surface area contributed by atoms with Gasteiger partial charge in [-0.25, -0.2) is 19.6 Å². The molecule has 5 rings (SSSR count). The van der Waals surface area contributed by atoms with Crippen LogP contribution in [0.25, 0.3) is 21.3 Å². The van der Waals surface area contributed by atoms with Gasteiger partial charge in [-0.05, 0) is 18.6 Å². The predicted molar refractivity (Wildman–Crippen MR) is 122 cm³/mol. The van der Waals surface area contributed by atoms with Gasteiger partial charge in [-0.15, -0.1) is 11.3 Å². The van der Waals surface area contributed by atoms with Crippen LogP contribution in [-0.4, -0.2) is 39.8 Å². The lowest BCUT2D eigenvalue weighted by molar-refractivity contribution is -0.114. The van der Waals surface area contributed by atoms with Crippen molar-refractivity contribution in [3.8, 4) is 0 Å². The summed E-state index contributed by atoms with van der Waals surface area (Å²) in [6.07, 6.45) is 7.09. The number of thiazole rings is 1. The summed E-state index contributed by atoms with van der Waals surface area (Å²) in [6, 6.07) is 3.60. The number of anilines is 1. The number of aryl methyl sites for hydroxylation is 2. The Morgan fingerprint density at radius 3 is 2.81 bits per heavy atom. The highest BCUT2D eigenvalue weighted by atomic mass is 32.1. The van der Waals surface area contributed by atoms with E-state index in [-0.39, 0.29) is 18.0 Å². The van der Waals surface area contributed by atoms with E-state index >= 15 is 0 Å². The number of carbonyl (C=O) groups excluding carboxylic acids is 1. The minimum Gasteiger partial charge on any atom is -0.331 e. The minimum absolute atomic E-state index is 0.201. The van der Waals surface area contributed by atoms with E-state index in [0.29, 0.717) is 23.6 Å². The largest absolute Gasteiger partial charge is 0.331 e. The Bertz CT molecular complexity index is 1530. The average molecular weight is 449 g/mol. The maximum atomic E-state index is 13.3. The summed E-state index contributed by atoms with van der Waals surface area (Å²) in [5, 5.41) is 8.80. The summed E-state index contributed by atoms with van der Waals surface area (Å²) < 4.78 is 6.12. The van der Waals surface area contributed by atoms with E-state index in [4.69, 9.17) is 4.98 Å². The average Bonchev–Trinajstić information content (AvgIpc) is 3.46. The fourth-order valence-corrected chi connectivity index (χ4v) is 4.79. The molecule has 5 heterocycles. The Morgan fingerprint density at radius 1 is 1.22 bits per heavy atom. The maximum Gasteiger partial charge on any atom is 0.291 e. The molecule has 32 heavy (non-hydrogen) atoms. The van der Waals surface area contributed by atoms with Gasteiger partial charge >= 0.3 is 0 Å². The van der Waals surface area contributed by atoms with Gasteiger partial charge in [0.25, 0.3) is 5.56 Å². The van der Waals surface area contributed by atoms with Crippen molar-refractivity contribution in [3.05, 3.63) is 63.7 Å². The topological polar surface area (TPSA) is 113 Å². The molecule has 11 heteroatoms. The SMILES string of the molecule is CC(=O)Nc1ccc(C)c(Cn2ncc3c4sc(Cn5ccnc5)nc4n(C)c3c2=O)n1. The second-order valence-electron chi connectivity index (χ2n) is 7.57. The van der Waals surface area contributed by atoms with E-state index in [0.717, 1.165) is 26.3 Å². The van der Waals surface area contributed by atoms with Crippen molar-refractivity contribution in [2.45, 2.75) is 26.9 Å². The number of nitrogens with one attached hydrogen (secondary N) is 1. The molecule has 0 aliphatic carbocycles. The molecule has 0 aromatic carbocycles. The van der Waals surface area contributed by atoms with Gasteiger partial charge in [0.1, 0.15) is 16.3 Å².